The van der Waals surface area contributed by atoms with Gasteiger partial charge in [0.2, 0.25) is 11.8 Å². The largest absolute Gasteiger partial charge is 0.345 e. The van der Waals surface area contributed by atoms with Crippen molar-refractivity contribution < 1.29 is 9.59 Å². The summed E-state index contributed by atoms with van der Waals surface area (Å²) >= 11 is 0. The van der Waals surface area contributed by atoms with E-state index in [1.165, 1.54) is 0 Å². The Balaban J connectivity index is 1.89. The van der Waals surface area contributed by atoms with Crippen LogP contribution in [-0.2, 0) is 9.59 Å². The van der Waals surface area contributed by atoms with E-state index >= 15 is 0 Å². The Hall–Kier alpha value is -1.88. The summed E-state index contributed by atoms with van der Waals surface area (Å²) < 4.78 is 0. The molecule has 5 nitrogen and oxygen atoms in total. The van der Waals surface area contributed by atoms with E-state index in [1.54, 1.807) is 0 Å². The molecular formula is C14H19N3O2. The monoisotopic (exact) mass is 261 g/mol. The molecule has 0 heterocycles. The number of nitrogens with two attached hydrogens (primary N) is 1. The predicted molar refractivity (Wildman–Crippen MR) is 73.7 cm³/mol. The van der Waals surface area contributed by atoms with Crippen molar-refractivity contribution in [1.29, 1.82) is 0 Å². The molecule has 2 amide bonds. The number of hydrogen-bond donors (Lipinski definition) is 3. The van der Waals surface area contributed by atoms with Gasteiger partial charge in [-0.1, -0.05) is 18.2 Å². The Bertz CT molecular complexity index is 501. The maximum atomic E-state index is 11.8. The number of nitrogens with one attached hydrogen (secondary N) is 2. The lowest BCUT2D eigenvalue weighted by atomic mass is 10.1. The van der Waals surface area contributed by atoms with Crippen molar-refractivity contribution in [2.24, 2.45) is 5.73 Å². The average Bonchev–Trinajstić information content (AvgIpc) is 3.10. The van der Waals surface area contributed by atoms with Gasteiger partial charge in [-0.15, -0.1) is 0 Å². The first-order valence-corrected chi connectivity index (χ1v) is 6.36. The Morgan fingerprint density at radius 2 is 1.84 bits per heavy atom. The molecule has 0 unspecified atom stereocenters. The number of amides is 2. The molecule has 2 rings (SSSR count). The highest BCUT2D eigenvalue weighted by Gasteiger charge is 2.45. The van der Waals surface area contributed by atoms with Crippen molar-refractivity contribution in [1.82, 2.24) is 5.32 Å². The number of rotatable bonds is 4. The number of hydrogen-bond acceptors (Lipinski definition) is 3. The molecule has 0 atom stereocenters. The Kier molecular flexibility index (Phi) is 3.57. The predicted octanol–water partition coefficient (Wildman–Crippen LogP) is 0.849. The fraction of sp³-hybridized carbons (Fsp3) is 0.429. The number of anilines is 1. The summed E-state index contributed by atoms with van der Waals surface area (Å²) in [4.78, 5) is 23.4. The second kappa shape index (κ2) is 5.01. The molecule has 1 aromatic carbocycles. The molecule has 5 heteroatoms. The third-order valence-electron chi connectivity index (χ3n) is 3.40. The second-order valence-corrected chi connectivity index (χ2v) is 5.15. The summed E-state index contributed by atoms with van der Waals surface area (Å²) in [6.07, 6.45) is 1.38. The van der Waals surface area contributed by atoms with Crippen molar-refractivity contribution in [3.63, 3.8) is 0 Å². The summed E-state index contributed by atoms with van der Waals surface area (Å²) in [7, 11) is 0. The molecule has 0 bridgehead atoms. The van der Waals surface area contributed by atoms with Gasteiger partial charge in [0.15, 0.2) is 0 Å². The first kappa shape index (κ1) is 13.5. The molecule has 1 aromatic rings. The normalized spacial score (nSPS) is 15.7. The molecule has 0 spiro atoms. The molecule has 19 heavy (non-hydrogen) atoms. The molecule has 1 aliphatic carbocycles. The minimum atomic E-state index is -0.737. The van der Waals surface area contributed by atoms with E-state index in [0.29, 0.717) is 12.8 Å². The van der Waals surface area contributed by atoms with Crippen LogP contribution in [0.15, 0.2) is 18.2 Å². The summed E-state index contributed by atoms with van der Waals surface area (Å²) in [6.45, 7) is 3.81. The van der Waals surface area contributed by atoms with Crippen LogP contribution in [0.25, 0.3) is 0 Å². The van der Waals surface area contributed by atoms with Gasteiger partial charge in [-0.05, 0) is 37.8 Å². The van der Waals surface area contributed by atoms with Gasteiger partial charge in [-0.2, -0.15) is 0 Å². The number of carbonyl (C=O) groups is 2. The maximum Gasteiger partial charge on any atom is 0.243 e. The third kappa shape index (κ3) is 3.12. The molecule has 102 valence electrons. The molecule has 1 aliphatic rings. The number of aryl methyl sites for hydroxylation is 2. The Labute approximate surface area is 112 Å². The third-order valence-corrected chi connectivity index (χ3v) is 3.40. The van der Waals surface area contributed by atoms with Crippen LogP contribution >= 0.6 is 0 Å². The molecule has 0 aliphatic heterocycles. The van der Waals surface area contributed by atoms with Crippen molar-refractivity contribution in [2.75, 3.05) is 11.9 Å². The standard InChI is InChI=1S/C14H19N3O2/c1-9-4-3-5-10(2)12(9)17-11(18)8-16-13(19)14(15)6-7-14/h3-5H,6-8,15H2,1-2H3,(H,16,19)(H,17,18). The highest BCUT2D eigenvalue weighted by Crippen LogP contribution is 2.31. The van der Waals surface area contributed by atoms with Crippen LogP contribution < -0.4 is 16.4 Å². The molecule has 0 aromatic heterocycles. The van der Waals surface area contributed by atoms with Crippen molar-refractivity contribution in [3.05, 3.63) is 29.3 Å². The SMILES string of the molecule is Cc1cccc(C)c1NC(=O)CNC(=O)C1(N)CC1. The first-order chi connectivity index (χ1) is 8.92. The fourth-order valence-corrected chi connectivity index (χ4v) is 1.89. The Morgan fingerprint density at radius 1 is 1.26 bits per heavy atom. The van der Waals surface area contributed by atoms with Crippen LogP contribution in [-0.4, -0.2) is 23.9 Å². The quantitative estimate of drug-likeness (QED) is 0.751. The zero-order valence-electron chi connectivity index (χ0n) is 11.2. The van der Waals surface area contributed by atoms with Crippen molar-refractivity contribution in [2.45, 2.75) is 32.2 Å². The molecular weight excluding hydrogens is 242 g/mol. The van der Waals surface area contributed by atoms with Crippen LogP contribution in [0.2, 0.25) is 0 Å². The lowest BCUT2D eigenvalue weighted by Gasteiger charge is -2.13. The highest BCUT2D eigenvalue weighted by atomic mass is 16.2. The Morgan fingerprint density at radius 3 is 2.37 bits per heavy atom. The van der Waals surface area contributed by atoms with E-state index in [2.05, 4.69) is 10.6 Å². The molecule has 1 saturated carbocycles. The zero-order valence-corrected chi connectivity index (χ0v) is 11.2. The van der Waals surface area contributed by atoms with Gasteiger partial charge in [-0.3, -0.25) is 9.59 Å². The van der Waals surface area contributed by atoms with Crippen molar-refractivity contribution >= 4 is 17.5 Å². The summed E-state index contributed by atoms with van der Waals surface area (Å²) in [5, 5.41) is 5.38. The van der Waals surface area contributed by atoms with E-state index in [4.69, 9.17) is 5.73 Å². The van der Waals surface area contributed by atoms with Crippen LogP contribution in [0.4, 0.5) is 5.69 Å². The van der Waals surface area contributed by atoms with E-state index < -0.39 is 5.54 Å². The number of carbonyl (C=O) groups excluding carboxylic acids is 2. The van der Waals surface area contributed by atoms with Gasteiger partial charge in [-0.25, -0.2) is 0 Å². The van der Waals surface area contributed by atoms with E-state index in [-0.39, 0.29) is 18.4 Å². The van der Waals surface area contributed by atoms with Gasteiger partial charge in [0.05, 0.1) is 12.1 Å². The lowest BCUT2D eigenvalue weighted by molar-refractivity contribution is -0.125. The average molecular weight is 261 g/mol. The minimum absolute atomic E-state index is 0.0500. The smallest absolute Gasteiger partial charge is 0.243 e. The molecule has 1 fully saturated rings. The van der Waals surface area contributed by atoms with Crippen LogP contribution in [0, 0.1) is 13.8 Å². The summed E-state index contributed by atoms with van der Waals surface area (Å²) in [5.41, 5.74) is 7.79. The van der Waals surface area contributed by atoms with E-state index in [1.807, 2.05) is 32.0 Å². The van der Waals surface area contributed by atoms with E-state index in [9.17, 15) is 9.59 Å². The first-order valence-electron chi connectivity index (χ1n) is 6.36. The number of para-hydroxylation sites is 1. The molecule has 0 radical (unpaired) electrons. The molecule has 0 saturated heterocycles. The van der Waals surface area contributed by atoms with Gasteiger partial charge in [0.25, 0.3) is 0 Å². The summed E-state index contributed by atoms with van der Waals surface area (Å²) in [5.74, 6) is -0.487. The van der Waals surface area contributed by atoms with Crippen LogP contribution in [0.5, 0.6) is 0 Å². The van der Waals surface area contributed by atoms with Crippen LogP contribution in [0.1, 0.15) is 24.0 Å². The van der Waals surface area contributed by atoms with Crippen molar-refractivity contribution in [3.8, 4) is 0 Å². The number of benzene rings is 1. The van der Waals surface area contributed by atoms with E-state index in [0.717, 1.165) is 16.8 Å². The van der Waals surface area contributed by atoms with Gasteiger partial charge < -0.3 is 16.4 Å². The lowest BCUT2D eigenvalue weighted by Crippen LogP contribution is -2.45. The zero-order chi connectivity index (χ0) is 14.0. The topological polar surface area (TPSA) is 84.2 Å². The van der Waals surface area contributed by atoms with Crippen LogP contribution in [0.3, 0.4) is 0 Å². The van der Waals surface area contributed by atoms with Gasteiger partial charge in [0, 0.05) is 5.69 Å². The minimum Gasteiger partial charge on any atom is -0.345 e. The highest BCUT2D eigenvalue weighted by molar-refractivity contribution is 5.97. The van der Waals surface area contributed by atoms with Gasteiger partial charge >= 0.3 is 0 Å². The second-order valence-electron chi connectivity index (χ2n) is 5.15. The molecule has 4 N–H and O–H groups in total. The summed E-state index contributed by atoms with van der Waals surface area (Å²) in [6, 6.07) is 5.80. The maximum absolute atomic E-state index is 11.8. The fourth-order valence-electron chi connectivity index (χ4n) is 1.89. The van der Waals surface area contributed by atoms with Gasteiger partial charge in [0.1, 0.15) is 0 Å².